The minimum absolute atomic E-state index is 0.493. The zero-order valence-corrected chi connectivity index (χ0v) is 15.6. The molecule has 0 saturated heterocycles. The summed E-state index contributed by atoms with van der Waals surface area (Å²) in [5.41, 5.74) is 10.6. The summed E-state index contributed by atoms with van der Waals surface area (Å²) < 4.78 is 12.3. The van der Waals surface area contributed by atoms with Crippen LogP contribution in [0.15, 0.2) is 54.9 Å². The summed E-state index contributed by atoms with van der Waals surface area (Å²) in [6.45, 7) is 0. The van der Waals surface area contributed by atoms with Gasteiger partial charge in [-0.2, -0.15) is 9.61 Å². The lowest BCUT2D eigenvalue weighted by Gasteiger charge is -2.11. The zero-order chi connectivity index (χ0) is 19.0. The molecule has 0 aliphatic carbocycles. The molecule has 27 heavy (non-hydrogen) atoms. The Morgan fingerprint density at radius 2 is 1.59 bits per heavy atom. The van der Waals surface area contributed by atoms with Crippen molar-refractivity contribution in [1.82, 2.24) is 14.6 Å². The summed E-state index contributed by atoms with van der Waals surface area (Å²) >= 11 is 5.98. The summed E-state index contributed by atoms with van der Waals surface area (Å²) in [5, 5.41) is 5.10. The number of nitrogens with zero attached hydrogens (tertiary/aromatic N) is 3. The van der Waals surface area contributed by atoms with Gasteiger partial charge in [0, 0.05) is 22.3 Å². The molecule has 2 N–H and O–H groups in total. The number of rotatable bonds is 4. The fraction of sp³-hybridized carbons (Fsp3) is 0.100. The van der Waals surface area contributed by atoms with Gasteiger partial charge in [0.1, 0.15) is 5.82 Å². The first kappa shape index (κ1) is 17.2. The normalized spacial score (nSPS) is 10.9. The Bertz CT molecular complexity index is 1120. The maximum Gasteiger partial charge on any atom is 0.165 e. The second-order valence-corrected chi connectivity index (χ2v) is 6.36. The highest BCUT2D eigenvalue weighted by Crippen LogP contribution is 2.35. The molecular formula is C20H17ClN4O2. The number of nitrogen functional groups attached to an aromatic ring is 1. The number of fused-ring (bicyclic) bond motifs is 1. The van der Waals surface area contributed by atoms with Crippen molar-refractivity contribution in [3.8, 4) is 33.8 Å². The smallest absolute Gasteiger partial charge is 0.165 e. The van der Waals surface area contributed by atoms with Crippen LogP contribution in [0.2, 0.25) is 5.02 Å². The van der Waals surface area contributed by atoms with Crippen LogP contribution in [0.25, 0.3) is 27.9 Å². The molecule has 0 aliphatic heterocycles. The SMILES string of the molecule is COc1ccc(-c2cnc3c(-c4ccc(Cl)cc4)cnn3c2N)cc1OC. The number of ether oxygens (including phenoxy) is 2. The average molecular weight is 381 g/mol. The Kier molecular flexibility index (Phi) is 4.33. The molecule has 0 saturated carbocycles. The van der Waals surface area contributed by atoms with Gasteiger partial charge in [-0.25, -0.2) is 4.98 Å². The van der Waals surface area contributed by atoms with Crippen molar-refractivity contribution >= 4 is 23.1 Å². The number of aromatic nitrogens is 3. The van der Waals surface area contributed by atoms with Crippen molar-refractivity contribution in [1.29, 1.82) is 0 Å². The summed E-state index contributed by atoms with van der Waals surface area (Å²) in [6, 6.07) is 13.1. The Hall–Kier alpha value is -3.25. The molecule has 7 heteroatoms. The van der Waals surface area contributed by atoms with Crippen LogP contribution in [0.1, 0.15) is 0 Å². The fourth-order valence-electron chi connectivity index (χ4n) is 3.01. The molecule has 4 aromatic rings. The molecule has 2 aromatic carbocycles. The van der Waals surface area contributed by atoms with Crippen molar-refractivity contribution in [2.24, 2.45) is 0 Å². The van der Waals surface area contributed by atoms with E-state index in [2.05, 4.69) is 10.1 Å². The monoisotopic (exact) mass is 380 g/mol. The molecule has 2 aromatic heterocycles. The highest BCUT2D eigenvalue weighted by molar-refractivity contribution is 6.30. The van der Waals surface area contributed by atoms with Crippen LogP contribution in [-0.4, -0.2) is 28.8 Å². The molecule has 2 heterocycles. The van der Waals surface area contributed by atoms with E-state index in [0.717, 1.165) is 22.3 Å². The Labute approximate surface area is 161 Å². The lowest BCUT2D eigenvalue weighted by Crippen LogP contribution is -2.03. The second kappa shape index (κ2) is 6.81. The highest BCUT2D eigenvalue weighted by Gasteiger charge is 2.15. The van der Waals surface area contributed by atoms with Gasteiger partial charge in [-0.1, -0.05) is 29.8 Å². The third-order valence-corrected chi connectivity index (χ3v) is 4.67. The van der Waals surface area contributed by atoms with E-state index in [0.29, 0.717) is 28.0 Å². The first-order valence-electron chi connectivity index (χ1n) is 8.23. The molecule has 0 amide bonds. The molecule has 0 atom stereocenters. The van der Waals surface area contributed by atoms with Gasteiger partial charge in [-0.05, 0) is 35.4 Å². The molecule has 4 rings (SSSR count). The average Bonchev–Trinajstić information content (AvgIpc) is 3.13. The largest absolute Gasteiger partial charge is 0.493 e. The standard InChI is InChI=1S/C20H17ClN4O2/c1-26-17-8-5-13(9-18(17)27-2)15-10-23-20-16(11-24-25(20)19(15)22)12-3-6-14(21)7-4-12/h3-11H,22H2,1-2H3. The predicted molar refractivity (Wildman–Crippen MR) is 106 cm³/mol. The summed E-state index contributed by atoms with van der Waals surface area (Å²) in [5.74, 6) is 1.77. The van der Waals surface area contributed by atoms with Crippen molar-refractivity contribution in [3.63, 3.8) is 0 Å². The van der Waals surface area contributed by atoms with E-state index >= 15 is 0 Å². The maximum atomic E-state index is 6.40. The molecule has 136 valence electrons. The van der Waals surface area contributed by atoms with Crippen molar-refractivity contribution < 1.29 is 9.47 Å². The van der Waals surface area contributed by atoms with Crippen LogP contribution < -0.4 is 15.2 Å². The molecule has 0 bridgehead atoms. The van der Waals surface area contributed by atoms with Crippen LogP contribution in [0.3, 0.4) is 0 Å². The van der Waals surface area contributed by atoms with E-state index in [4.69, 9.17) is 26.8 Å². The first-order chi connectivity index (χ1) is 13.1. The summed E-state index contributed by atoms with van der Waals surface area (Å²) in [7, 11) is 3.19. The van der Waals surface area contributed by atoms with E-state index in [1.165, 1.54) is 0 Å². The van der Waals surface area contributed by atoms with Crippen LogP contribution in [0.5, 0.6) is 11.5 Å². The van der Waals surface area contributed by atoms with E-state index < -0.39 is 0 Å². The molecule has 0 aliphatic rings. The third-order valence-electron chi connectivity index (χ3n) is 4.41. The van der Waals surface area contributed by atoms with Gasteiger partial charge >= 0.3 is 0 Å². The van der Waals surface area contributed by atoms with Crippen LogP contribution >= 0.6 is 11.6 Å². The Morgan fingerprint density at radius 1 is 0.889 bits per heavy atom. The number of benzene rings is 2. The van der Waals surface area contributed by atoms with Crippen LogP contribution in [0.4, 0.5) is 5.82 Å². The van der Waals surface area contributed by atoms with Gasteiger partial charge < -0.3 is 15.2 Å². The number of methoxy groups -OCH3 is 2. The molecular weight excluding hydrogens is 364 g/mol. The van der Waals surface area contributed by atoms with E-state index in [1.807, 2.05) is 42.5 Å². The molecule has 0 unspecified atom stereocenters. The zero-order valence-electron chi connectivity index (χ0n) is 14.8. The first-order valence-corrected chi connectivity index (χ1v) is 8.60. The lowest BCUT2D eigenvalue weighted by molar-refractivity contribution is 0.355. The van der Waals surface area contributed by atoms with E-state index in [9.17, 15) is 0 Å². The maximum absolute atomic E-state index is 6.40. The summed E-state index contributed by atoms with van der Waals surface area (Å²) in [4.78, 5) is 4.59. The molecule has 6 nitrogen and oxygen atoms in total. The number of halogens is 1. The van der Waals surface area contributed by atoms with Crippen molar-refractivity contribution in [2.45, 2.75) is 0 Å². The Morgan fingerprint density at radius 3 is 2.30 bits per heavy atom. The number of nitrogens with two attached hydrogens (primary N) is 1. The van der Waals surface area contributed by atoms with Crippen molar-refractivity contribution in [3.05, 3.63) is 59.9 Å². The third kappa shape index (κ3) is 2.94. The van der Waals surface area contributed by atoms with E-state index in [1.54, 1.807) is 31.1 Å². The van der Waals surface area contributed by atoms with Gasteiger partial charge in [-0.15, -0.1) is 0 Å². The Balaban J connectivity index is 1.83. The molecule has 0 spiro atoms. The quantitative estimate of drug-likeness (QED) is 0.570. The second-order valence-electron chi connectivity index (χ2n) is 5.93. The van der Waals surface area contributed by atoms with Gasteiger partial charge in [0.2, 0.25) is 0 Å². The predicted octanol–water partition coefficient (Wildman–Crippen LogP) is 4.32. The summed E-state index contributed by atoms with van der Waals surface area (Å²) in [6.07, 6.45) is 3.49. The van der Waals surface area contributed by atoms with Crippen LogP contribution in [-0.2, 0) is 0 Å². The molecule has 0 fully saturated rings. The lowest BCUT2D eigenvalue weighted by atomic mass is 10.1. The molecule has 0 radical (unpaired) electrons. The van der Waals surface area contributed by atoms with Gasteiger partial charge in [0.15, 0.2) is 17.1 Å². The topological polar surface area (TPSA) is 74.7 Å². The number of hydrogen-bond acceptors (Lipinski definition) is 5. The minimum atomic E-state index is 0.493. The van der Waals surface area contributed by atoms with Crippen molar-refractivity contribution in [2.75, 3.05) is 20.0 Å². The fourth-order valence-corrected chi connectivity index (χ4v) is 3.13. The van der Waals surface area contributed by atoms with E-state index in [-0.39, 0.29) is 0 Å². The number of anilines is 1. The van der Waals surface area contributed by atoms with Gasteiger partial charge in [0.25, 0.3) is 0 Å². The van der Waals surface area contributed by atoms with Gasteiger partial charge in [0.05, 0.1) is 20.4 Å². The van der Waals surface area contributed by atoms with Gasteiger partial charge in [-0.3, -0.25) is 0 Å². The number of hydrogen-bond donors (Lipinski definition) is 1. The minimum Gasteiger partial charge on any atom is -0.493 e. The highest BCUT2D eigenvalue weighted by atomic mass is 35.5. The van der Waals surface area contributed by atoms with Crippen LogP contribution in [0, 0.1) is 0 Å².